The molecule has 0 saturated heterocycles. The third-order valence-electron chi connectivity index (χ3n) is 3.55. The Morgan fingerprint density at radius 3 is 2.65 bits per heavy atom. The Kier molecular flexibility index (Phi) is 7.78. The molecule has 0 amide bonds. The second-order valence-electron chi connectivity index (χ2n) is 5.09. The second-order valence-corrected chi connectivity index (χ2v) is 5.09. The molecule has 0 heterocycles. The van der Waals surface area contributed by atoms with Gasteiger partial charge in [-0.05, 0) is 18.4 Å². The number of ether oxygens (including phenoxy) is 2. The van der Waals surface area contributed by atoms with Crippen molar-refractivity contribution >= 4 is 5.97 Å². The van der Waals surface area contributed by atoms with Gasteiger partial charge in [0.2, 0.25) is 0 Å². The van der Waals surface area contributed by atoms with Gasteiger partial charge >= 0.3 is 5.97 Å². The van der Waals surface area contributed by atoms with Gasteiger partial charge in [0.15, 0.2) is 0 Å². The first-order valence-corrected chi connectivity index (χ1v) is 7.48. The maximum absolute atomic E-state index is 11.9. The zero-order chi connectivity index (χ0) is 14.8. The minimum atomic E-state index is -0.176. The highest BCUT2D eigenvalue weighted by atomic mass is 16.5. The van der Waals surface area contributed by atoms with Crippen LogP contribution in [0.25, 0.3) is 0 Å². The maximum Gasteiger partial charge on any atom is 0.310 e. The van der Waals surface area contributed by atoms with Gasteiger partial charge in [-0.15, -0.1) is 0 Å². The predicted molar refractivity (Wildman–Crippen MR) is 81.0 cm³/mol. The Morgan fingerprint density at radius 1 is 1.25 bits per heavy atom. The van der Waals surface area contributed by atoms with Crippen LogP contribution in [-0.2, 0) is 16.0 Å². The molecule has 1 aromatic carbocycles. The molecule has 0 fully saturated rings. The lowest BCUT2D eigenvalue weighted by atomic mass is 10.0. The molecule has 0 N–H and O–H groups in total. The number of carbonyl (C=O) groups excluding carboxylic acids is 1. The van der Waals surface area contributed by atoms with Crippen molar-refractivity contribution in [2.75, 3.05) is 13.7 Å². The van der Waals surface area contributed by atoms with Crippen LogP contribution >= 0.6 is 0 Å². The van der Waals surface area contributed by atoms with E-state index in [1.54, 1.807) is 7.11 Å². The number of rotatable bonds is 9. The molecule has 0 saturated carbocycles. The van der Waals surface area contributed by atoms with Crippen LogP contribution in [0.3, 0.4) is 0 Å². The summed E-state index contributed by atoms with van der Waals surface area (Å²) in [5.41, 5.74) is 0.876. The van der Waals surface area contributed by atoms with Crippen LogP contribution in [0.1, 0.15) is 45.1 Å². The summed E-state index contributed by atoms with van der Waals surface area (Å²) in [6, 6.07) is 7.56. The fourth-order valence-corrected chi connectivity index (χ4v) is 2.16. The van der Waals surface area contributed by atoms with Gasteiger partial charge in [0.05, 0.1) is 20.1 Å². The molecular weight excluding hydrogens is 252 g/mol. The predicted octanol–water partition coefficient (Wildman–Crippen LogP) is 4.00. The summed E-state index contributed by atoms with van der Waals surface area (Å²) in [6.45, 7) is 4.86. The number of methoxy groups -OCH3 is 1. The summed E-state index contributed by atoms with van der Waals surface area (Å²) in [6.07, 6.45) is 4.85. The van der Waals surface area contributed by atoms with E-state index in [2.05, 4.69) is 13.8 Å². The first-order valence-electron chi connectivity index (χ1n) is 7.48. The Labute approximate surface area is 122 Å². The van der Waals surface area contributed by atoms with Crippen molar-refractivity contribution in [3.8, 4) is 5.75 Å². The number of benzene rings is 1. The zero-order valence-electron chi connectivity index (χ0n) is 12.9. The molecule has 0 aliphatic heterocycles. The van der Waals surface area contributed by atoms with Crippen molar-refractivity contribution < 1.29 is 14.3 Å². The molecule has 0 radical (unpaired) electrons. The fourth-order valence-electron chi connectivity index (χ4n) is 2.16. The van der Waals surface area contributed by atoms with E-state index >= 15 is 0 Å². The van der Waals surface area contributed by atoms with Gasteiger partial charge < -0.3 is 9.47 Å². The van der Waals surface area contributed by atoms with Crippen molar-refractivity contribution in [1.82, 2.24) is 0 Å². The Bertz CT molecular complexity index is 401. The van der Waals surface area contributed by atoms with E-state index in [1.807, 2.05) is 24.3 Å². The first kappa shape index (κ1) is 16.5. The SMILES string of the molecule is CCCCC(CC)COC(=O)Cc1ccccc1OC. The van der Waals surface area contributed by atoms with E-state index in [-0.39, 0.29) is 12.4 Å². The summed E-state index contributed by atoms with van der Waals surface area (Å²) in [7, 11) is 1.61. The molecule has 1 unspecified atom stereocenters. The number of unbranched alkanes of at least 4 members (excludes halogenated alkanes) is 1. The molecule has 3 heteroatoms. The molecule has 0 aliphatic rings. The fraction of sp³-hybridized carbons (Fsp3) is 0.588. The van der Waals surface area contributed by atoms with Gasteiger partial charge in [-0.3, -0.25) is 4.79 Å². The van der Waals surface area contributed by atoms with Gasteiger partial charge in [-0.25, -0.2) is 0 Å². The van der Waals surface area contributed by atoms with Crippen LogP contribution < -0.4 is 4.74 Å². The van der Waals surface area contributed by atoms with Crippen LogP contribution in [0.5, 0.6) is 5.75 Å². The standard InChI is InChI=1S/C17H26O3/c1-4-6-9-14(5-2)13-20-17(18)12-15-10-7-8-11-16(15)19-3/h7-8,10-11,14H,4-6,9,12-13H2,1-3H3. The average Bonchev–Trinajstić information content (AvgIpc) is 2.48. The van der Waals surface area contributed by atoms with Gasteiger partial charge in [0, 0.05) is 5.56 Å². The monoisotopic (exact) mass is 278 g/mol. The quantitative estimate of drug-likeness (QED) is 0.640. The summed E-state index contributed by atoms with van der Waals surface area (Å²) in [5.74, 6) is 1.04. The zero-order valence-corrected chi connectivity index (χ0v) is 12.9. The molecule has 0 bridgehead atoms. The number of carbonyl (C=O) groups is 1. The van der Waals surface area contributed by atoms with Gasteiger partial charge in [0.25, 0.3) is 0 Å². The molecule has 0 spiro atoms. The van der Waals surface area contributed by atoms with Crippen molar-refractivity contribution in [3.63, 3.8) is 0 Å². The van der Waals surface area contributed by atoms with E-state index in [9.17, 15) is 4.79 Å². The van der Waals surface area contributed by atoms with Crippen molar-refractivity contribution in [2.45, 2.75) is 46.0 Å². The number of hydrogen-bond donors (Lipinski definition) is 0. The van der Waals surface area contributed by atoms with E-state index in [0.717, 1.165) is 24.2 Å². The Hall–Kier alpha value is -1.51. The lowest BCUT2D eigenvalue weighted by Crippen LogP contribution is -2.15. The topological polar surface area (TPSA) is 35.5 Å². The highest BCUT2D eigenvalue weighted by Crippen LogP contribution is 2.19. The molecule has 1 aromatic rings. The summed E-state index contributed by atoms with van der Waals surface area (Å²) in [5, 5.41) is 0. The minimum absolute atomic E-state index is 0.176. The first-order chi connectivity index (χ1) is 9.71. The normalized spacial score (nSPS) is 11.9. The third-order valence-corrected chi connectivity index (χ3v) is 3.55. The largest absolute Gasteiger partial charge is 0.496 e. The summed E-state index contributed by atoms with van der Waals surface area (Å²) in [4.78, 5) is 11.9. The van der Waals surface area contributed by atoms with Crippen molar-refractivity contribution in [3.05, 3.63) is 29.8 Å². The number of esters is 1. The average molecular weight is 278 g/mol. The summed E-state index contributed by atoms with van der Waals surface area (Å²) < 4.78 is 10.6. The lowest BCUT2D eigenvalue weighted by Gasteiger charge is -2.15. The second kappa shape index (κ2) is 9.40. The van der Waals surface area contributed by atoms with Crippen LogP contribution in [0.15, 0.2) is 24.3 Å². The molecule has 20 heavy (non-hydrogen) atoms. The van der Waals surface area contributed by atoms with Gasteiger partial charge in [0.1, 0.15) is 5.75 Å². The minimum Gasteiger partial charge on any atom is -0.496 e. The molecule has 112 valence electrons. The van der Waals surface area contributed by atoms with Crippen molar-refractivity contribution in [2.24, 2.45) is 5.92 Å². The molecule has 0 aliphatic carbocycles. The Morgan fingerprint density at radius 2 is 2.00 bits per heavy atom. The number of para-hydroxylation sites is 1. The highest BCUT2D eigenvalue weighted by Gasteiger charge is 2.12. The van der Waals surface area contributed by atoms with E-state index in [4.69, 9.17) is 9.47 Å². The third kappa shape index (κ3) is 5.64. The van der Waals surface area contributed by atoms with Gasteiger partial charge in [-0.1, -0.05) is 51.3 Å². The summed E-state index contributed by atoms with van der Waals surface area (Å²) >= 11 is 0. The molecule has 3 nitrogen and oxygen atoms in total. The lowest BCUT2D eigenvalue weighted by molar-refractivity contribution is -0.144. The van der Waals surface area contributed by atoms with Crippen LogP contribution in [0.2, 0.25) is 0 Å². The molecular formula is C17H26O3. The highest BCUT2D eigenvalue weighted by molar-refractivity contribution is 5.73. The van der Waals surface area contributed by atoms with Crippen LogP contribution in [0.4, 0.5) is 0 Å². The smallest absolute Gasteiger partial charge is 0.310 e. The number of hydrogen-bond acceptors (Lipinski definition) is 3. The molecule has 1 rings (SSSR count). The molecule has 1 atom stereocenters. The van der Waals surface area contributed by atoms with E-state index < -0.39 is 0 Å². The van der Waals surface area contributed by atoms with E-state index in [1.165, 1.54) is 12.8 Å². The van der Waals surface area contributed by atoms with Crippen molar-refractivity contribution in [1.29, 1.82) is 0 Å². The van der Waals surface area contributed by atoms with Gasteiger partial charge in [-0.2, -0.15) is 0 Å². The maximum atomic E-state index is 11.9. The van der Waals surface area contributed by atoms with Crippen LogP contribution in [-0.4, -0.2) is 19.7 Å². The Balaban J connectivity index is 2.43. The molecule has 0 aromatic heterocycles. The van der Waals surface area contributed by atoms with Crippen LogP contribution in [0, 0.1) is 5.92 Å². The van der Waals surface area contributed by atoms with E-state index in [0.29, 0.717) is 12.5 Å².